The molecule has 1 unspecified atom stereocenters. The molecule has 0 spiro atoms. The summed E-state index contributed by atoms with van der Waals surface area (Å²) in [6.45, 7) is 0.0560. The van der Waals surface area contributed by atoms with E-state index in [4.69, 9.17) is 0 Å². The Hall–Kier alpha value is -2.80. The van der Waals surface area contributed by atoms with Crippen molar-refractivity contribution in [2.24, 2.45) is 0 Å². The van der Waals surface area contributed by atoms with Gasteiger partial charge in [0.15, 0.2) is 0 Å². The van der Waals surface area contributed by atoms with E-state index < -0.39 is 23.7 Å². The molecule has 2 N–H and O–H groups in total. The monoisotopic (exact) mass is 374 g/mol. The Balaban J connectivity index is 1.65. The van der Waals surface area contributed by atoms with Crippen molar-refractivity contribution in [1.29, 1.82) is 0 Å². The number of nitrogens with zero attached hydrogens (tertiary/aromatic N) is 1. The highest BCUT2D eigenvalue weighted by Crippen LogP contribution is 2.32. The van der Waals surface area contributed by atoms with Gasteiger partial charge in [-0.1, -0.05) is 18.2 Å². The number of para-hydroxylation sites is 1. The summed E-state index contributed by atoms with van der Waals surface area (Å²) in [5.41, 5.74) is 2.29. The summed E-state index contributed by atoms with van der Waals surface area (Å²) in [5, 5.41) is 10.9. The molecule has 4 nitrogen and oxygen atoms in total. The number of halogens is 3. The number of H-pyrrole nitrogens is 1. The van der Waals surface area contributed by atoms with Crippen LogP contribution in [0.15, 0.2) is 48.5 Å². The number of alkyl halides is 3. The predicted molar refractivity (Wildman–Crippen MR) is 94.2 cm³/mol. The molecule has 2 heterocycles. The lowest BCUT2D eigenvalue weighted by atomic mass is 9.96. The van der Waals surface area contributed by atoms with E-state index in [0.717, 1.165) is 34.3 Å². The van der Waals surface area contributed by atoms with Crippen molar-refractivity contribution >= 4 is 16.8 Å². The van der Waals surface area contributed by atoms with Crippen molar-refractivity contribution < 1.29 is 23.1 Å². The number of carbonyl (C=O) groups is 1. The van der Waals surface area contributed by atoms with Gasteiger partial charge in [-0.2, -0.15) is 13.2 Å². The van der Waals surface area contributed by atoms with Crippen LogP contribution in [0.4, 0.5) is 13.2 Å². The molecule has 3 aromatic rings. The van der Waals surface area contributed by atoms with Gasteiger partial charge in [-0.25, -0.2) is 0 Å². The van der Waals surface area contributed by atoms with Crippen LogP contribution in [0, 0.1) is 0 Å². The molecule has 0 saturated carbocycles. The third-order valence-corrected chi connectivity index (χ3v) is 5.04. The normalized spacial score (nSPS) is 17.2. The van der Waals surface area contributed by atoms with Crippen molar-refractivity contribution in [2.75, 3.05) is 6.61 Å². The van der Waals surface area contributed by atoms with E-state index in [9.17, 15) is 23.1 Å². The van der Waals surface area contributed by atoms with Gasteiger partial charge in [-0.15, -0.1) is 0 Å². The molecule has 1 aromatic heterocycles. The second kappa shape index (κ2) is 6.42. The molecule has 0 fully saturated rings. The van der Waals surface area contributed by atoms with Crippen molar-refractivity contribution in [1.82, 2.24) is 9.88 Å². The first kappa shape index (κ1) is 17.6. The fourth-order valence-corrected chi connectivity index (χ4v) is 3.64. The smallest absolute Gasteiger partial charge is 0.394 e. The Bertz CT molecular complexity index is 993. The minimum Gasteiger partial charge on any atom is -0.394 e. The molecule has 1 atom stereocenters. The first-order valence-electron chi connectivity index (χ1n) is 8.56. The zero-order chi connectivity index (χ0) is 19.2. The minimum absolute atomic E-state index is 0.168. The summed E-state index contributed by atoms with van der Waals surface area (Å²) < 4.78 is 38.2. The van der Waals surface area contributed by atoms with Crippen LogP contribution in [0.2, 0.25) is 0 Å². The molecule has 1 aliphatic rings. The fraction of sp³-hybridized carbons (Fsp3) is 0.250. The highest BCUT2D eigenvalue weighted by molar-refractivity contribution is 5.95. The van der Waals surface area contributed by atoms with Crippen LogP contribution >= 0.6 is 0 Å². The standard InChI is InChI=1S/C20H17F3N2O2/c21-20(22,23)13-7-5-12(6-8-13)19(27)25-10-18-16(9-14(25)11-26)15-3-1-2-4-17(15)24-18/h1-8,14,24,26H,9-11H2. The number of amides is 1. The summed E-state index contributed by atoms with van der Waals surface area (Å²) in [7, 11) is 0. The molecular weight excluding hydrogens is 357 g/mol. The molecular formula is C20H17F3N2O2. The summed E-state index contributed by atoms with van der Waals surface area (Å²) in [6, 6.07) is 11.5. The molecule has 140 valence electrons. The molecule has 0 aliphatic carbocycles. The Morgan fingerprint density at radius 1 is 1.15 bits per heavy atom. The number of aromatic amines is 1. The van der Waals surface area contributed by atoms with Crippen LogP contribution in [0.5, 0.6) is 0 Å². The zero-order valence-electron chi connectivity index (χ0n) is 14.3. The highest BCUT2D eigenvalue weighted by atomic mass is 19.4. The van der Waals surface area contributed by atoms with Gasteiger partial charge >= 0.3 is 6.18 Å². The molecule has 0 saturated heterocycles. The number of rotatable bonds is 2. The maximum Gasteiger partial charge on any atom is 0.416 e. The van der Waals surface area contributed by atoms with Gasteiger partial charge in [0.1, 0.15) is 0 Å². The maximum absolute atomic E-state index is 12.9. The lowest BCUT2D eigenvalue weighted by Crippen LogP contribution is -2.46. The average Bonchev–Trinajstić information content (AvgIpc) is 3.03. The van der Waals surface area contributed by atoms with Crippen LogP contribution in [0.3, 0.4) is 0 Å². The SMILES string of the molecule is O=C(c1ccc(C(F)(F)F)cc1)N1Cc2[nH]c3ccccc3c2CC1CO. The third kappa shape index (κ3) is 3.08. The molecule has 0 radical (unpaired) electrons. The first-order valence-corrected chi connectivity index (χ1v) is 8.56. The number of benzene rings is 2. The van der Waals surface area contributed by atoms with Gasteiger partial charge < -0.3 is 15.0 Å². The Labute approximate surface area is 153 Å². The largest absolute Gasteiger partial charge is 0.416 e. The number of aliphatic hydroxyl groups excluding tert-OH is 1. The van der Waals surface area contributed by atoms with E-state index in [1.54, 1.807) is 0 Å². The third-order valence-electron chi connectivity index (χ3n) is 5.04. The summed E-state index contributed by atoms with van der Waals surface area (Å²) in [5.74, 6) is -0.396. The number of nitrogens with one attached hydrogen (secondary N) is 1. The molecule has 0 bridgehead atoms. The van der Waals surface area contributed by atoms with Crippen molar-refractivity contribution in [2.45, 2.75) is 25.2 Å². The number of hydrogen-bond acceptors (Lipinski definition) is 2. The summed E-state index contributed by atoms with van der Waals surface area (Å²) in [6.07, 6.45) is -3.96. The van der Waals surface area contributed by atoms with Gasteiger partial charge in [0.25, 0.3) is 5.91 Å². The number of fused-ring (bicyclic) bond motifs is 3. The van der Waals surface area contributed by atoms with Crippen molar-refractivity contribution in [3.05, 3.63) is 70.9 Å². The van der Waals surface area contributed by atoms with E-state index in [1.807, 2.05) is 24.3 Å². The number of hydrogen-bond donors (Lipinski definition) is 2. The van der Waals surface area contributed by atoms with Gasteiger partial charge in [0.05, 0.1) is 24.8 Å². The summed E-state index contributed by atoms with van der Waals surface area (Å²) >= 11 is 0. The second-order valence-corrected chi connectivity index (χ2v) is 6.68. The molecule has 1 aliphatic heterocycles. The van der Waals surface area contributed by atoms with Gasteiger partial charge in [-0.3, -0.25) is 4.79 Å². The van der Waals surface area contributed by atoms with Crippen molar-refractivity contribution in [3.8, 4) is 0 Å². The van der Waals surface area contributed by atoms with Crippen LogP contribution in [0.1, 0.15) is 27.2 Å². The Kier molecular flexibility index (Phi) is 4.19. The van der Waals surface area contributed by atoms with Crippen LogP contribution in [-0.2, 0) is 19.1 Å². The molecule has 2 aromatic carbocycles. The van der Waals surface area contributed by atoms with Gasteiger partial charge in [-0.05, 0) is 42.3 Å². The Morgan fingerprint density at radius 2 is 1.85 bits per heavy atom. The summed E-state index contributed by atoms with van der Waals surface area (Å²) in [4.78, 5) is 17.7. The number of aliphatic hydroxyl groups is 1. The first-order chi connectivity index (χ1) is 12.9. The van der Waals surface area contributed by atoms with Crippen LogP contribution in [0.25, 0.3) is 10.9 Å². The lowest BCUT2D eigenvalue weighted by molar-refractivity contribution is -0.137. The van der Waals surface area contributed by atoms with Gasteiger partial charge in [0.2, 0.25) is 0 Å². The fourth-order valence-electron chi connectivity index (χ4n) is 3.64. The van der Waals surface area contributed by atoms with E-state index in [2.05, 4.69) is 4.98 Å². The highest BCUT2D eigenvalue weighted by Gasteiger charge is 2.33. The molecule has 27 heavy (non-hydrogen) atoms. The van der Waals surface area contributed by atoms with E-state index in [1.165, 1.54) is 17.0 Å². The van der Waals surface area contributed by atoms with Gasteiger partial charge in [0, 0.05) is 22.2 Å². The van der Waals surface area contributed by atoms with E-state index in [-0.39, 0.29) is 18.7 Å². The van der Waals surface area contributed by atoms with Crippen LogP contribution in [-0.4, -0.2) is 33.5 Å². The molecule has 1 amide bonds. The molecule has 7 heteroatoms. The number of aromatic nitrogens is 1. The van der Waals surface area contributed by atoms with E-state index in [0.29, 0.717) is 6.42 Å². The maximum atomic E-state index is 12.9. The topological polar surface area (TPSA) is 56.3 Å². The Morgan fingerprint density at radius 3 is 2.52 bits per heavy atom. The lowest BCUT2D eigenvalue weighted by Gasteiger charge is -2.34. The van der Waals surface area contributed by atoms with E-state index >= 15 is 0 Å². The van der Waals surface area contributed by atoms with Crippen LogP contribution < -0.4 is 0 Å². The molecule has 4 rings (SSSR count). The quantitative estimate of drug-likeness (QED) is 0.718. The number of carbonyl (C=O) groups excluding carboxylic acids is 1. The van der Waals surface area contributed by atoms with Crippen molar-refractivity contribution in [3.63, 3.8) is 0 Å². The predicted octanol–water partition coefficient (Wildman–Crippen LogP) is 3.75. The zero-order valence-corrected chi connectivity index (χ0v) is 14.3. The minimum atomic E-state index is -4.44. The second-order valence-electron chi connectivity index (χ2n) is 6.68. The average molecular weight is 374 g/mol.